The molecule has 128 valence electrons. The van der Waals surface area contributed by atoms with E-state index >= 15 is 0 Å². The zero-order chi connectivity index (χ0) is 17.8. The Morgan fingerprint density at radius 3 is 2.76 bits per heavy atom. The summed E-state index contributed by atoms with van der Waals surface area (Å²) in [7, 11) is 0. The highest BCUT2D eigenvalue weighted by Crippen LogP contribution is 2.25. The van der Waals surface area contributed by atoms with Crippen molar-refractivity contribution in [3.8, 4) is 17.0 Å². The fourth-order valence-electron chi connectivity index (χ4n) is 2.09. The zero-order valence-electron chi connectivity index (χ0n) is 13.2. The summed E-state index contributed by atoms with van der Waals surface area (Å²) in [4.78, 5) is 16.6. The molecule has 1 atom stereocenters. The minimum Gasteiger partial charge on any atom is -0.481 e. The average Bonchev–Trinajstić information content (AvgIpc) is 3.07. The standard InChI is InChI=1S/C18H14ClFN2O2S/c1-11(24-13-7-8-15(20)14(19)9-13)17(23)22-18-21-16(10-25-18)12-5-3-2-4-6-12/h2-11H,1H3,(H,21,22,23)/t11-/m0/s1. The van der Waals surface area contributed by atoms with Crippen molar-refractivity contribution in [1.82, 2.24) is 4.98 Å². The van der Waals surface area contributed by atoms with Gasteiger partial charge in [-0.05, 0) is 19.1 Å². The number of aromatic nitrogens is 1. The van der Waals surface area contributed by atoms with E-state index in [1.54, 1.807) is 6.92 Å². The molecule has 0 radical (unpaired) electrons. The molecule has 0 aliphatic heterocycles. The second-order valence-electron chi connectivity index (χ2n) is 5.23. The van der Waals surface area contributed by atoms with Crippen molar-refractivity contribution in [2.75, 3.05) is 5.32 Å². The number of anilines is 1. The summed E-state index contributed by atoms with van der Waals surface area (Å²) >= 11 is 7.04. The fraction of sp³-hybridized carbons (Fsp3) is 0.111. The number of carbonyl (C=O) groups is 1. The maximum atomic E-state index is 13.2. The number of thiazole rings is 1. The number of benzene rings is 2. The molecule has 0 bridgehead atoms. The van der Waals surface area contributed by atoms with E-state index in [1.165, 1.54) is 29.5 Å². The molecular weight excluding hydrogens is 363 g/mol. The van der Waals surface area contributed by atoms with Crippen molar-refractivity contribution in [2.24, 2.45) is 0 Å². The van der Waals surface area contributed by atoms with Crippen LogP contribution in [0.5, 0.6) is 5.75 Å². The molecule has 7 heteroatoms. The van der Waals surface area contributed by atoms with E-state index in [0.717, 1.165) is 11.3 Å². The van der Waals surface area contributed by atoms with Crippen LogP contribution in [0, 0.1) is 5.82 Å². The van der Waals surface area contributed by atoms with Crippen LogP contribution in [0.4, 0.5) is 9.52 Å². The lowest BCUT2D eigenvalue weighted by Gasteiger charge is -2.14. The molecule has 2 aromatic carbocycles. The number of carbonyl (C=O) groups excluding carboxylic acids is 1. The molecule has 4 nitrogen and oxygen atoms in total. The van der Waals surface area contributed by atoms with Gasteiger partial charge in [0.2, 0.25) is 0 Å². The van der Waals surface area contributed by atoms with E-state index in [2.05, 4.69) is 10.3 Å². The molecule has 1 amide bonds. The third kappa shape index (κ3) is 4.35. The molecule has 0 saturated carbocycles. The summed E-state index contributed by atoms with van der Waals surface area (Å²) < 4.78 is 18.6. The van der Waals surface area contributed by atoms with Crippen LogP contribution < -0.4 is 10.1 Å². The molecule has 1 aromatic heterocycles. The topological polar surface area (TPSA) is 51.2 Å². The highest BCUT2D eigenvalue weighted by molar-refractivity contribution is 7.14. The fourth-order valence-corrected chi connectivity index (χ4v) is 2.98. The Hall–Kier alpha value is -2.44. The lowest BCUT2D eigenvalue weighted by molar-refractivity contribution is -0.122. The lowest BCUT2D eigenvalue weighted by Crippen LogP contribution is -2.30. The van der Waals surface area contributed by atoms with Crippen LogP contribution in [0.2, 0.25) is 5.02 Å². The Kier molecular flexibility index (Phi) is 5.31. The highest BCUT2D eigenvalue weighted by atomic mass is 35.5. The van der Waals surface area contributed by atoms with Gasteiger partial charge in [-0.1, -0.05) is 41.9 Å². The SMILES string of the molecule is C[C@H](Oc1ccc(F)c(Cl)c1)C(=O)Nc1nc(-c2ccccc2)cs1. The van der Waals surface area contributed by atoms with Crippen LogP contribution in [0.1, 0.15) is 6.92 Å². The predicted octanol–water partition coefficient (Wildman–Crippen LogP) is 5.01. The van der Waals surface area contributed by atoms with Crippen LogP contribution in [-0.2, 0) is 4.79 Å². The molecule has 0 fully saturated rings. The molecule has 0 aliphatic rings. The number of hydrogen-bond acceptors (Lipinski definition) is 4. The van der Waals surface area contributed by atoms with Gasteiger partial charge in [0.05, 0.1) is 10.7 Å². The van der Waals surface area contributed by atoms with Crippen molar-refractivity contribution >= 4 is 34.0 Å². The predicted molar refractivity (Wildman–Crippen MR) is 97.7 cm³/mol. The van der Waals surface area contributed by atoms with Gasteiger partial charge in [-0.3, -0.25) is 10.1 Å². The van der Waals surface area contributed by atoms with E-state index in [-0.39, 0.29) is 10.9 Å². The second kappa shape index (κ2) is 7.63. The molecule has 0 saturated heterocycles. The van der Waals surface area contributed by atoms with Gasteiger partial charge < -0.3 is 4.74 Å². The summed E-state index contributed by atoms with van der Waals surface area (Å²) in [6, 6.07) is 13.6. The minimum atomic E-state index is -0.786. The number of halogens is 2. The van der Waals surface area contributed by atoms with Crippen molar-refractivity contribution < 1.29 is 13.9 Å². The number of amides is 1. The van der Waals surface area contributed by atoms with E-state index < -0.39 is 11.9 Å². The van der Waals surface area contributed by atoms with Crippen molar-refractivity contribution in [3.05, 3.63) is 64.8 Å². The van der Waals surface area contributed by atoms with E-state index in [4.69, 9.17) is 16.3 Å². The van der Waals surface area contributed by atoms with Gasteiger partial charge in [0.25, 0.3) is 5.91 Å². The largest absolute Gasteiger partial charge is 0.481 e. The normalized spacial score (nSPS) is 11.8. The van der Waals surface area contributed by atoms with Gasteiger partial charge in [0.1, 0.15) is 11.6 Å². The van der Waals surface area contributed by atoms with Crippen LogP contribution in [0.15, 0.2) is 53.9 Å². The van der Waals surface area contributed by atoms with Gasteiger partial charge in [-0.15, -0.1) is 11.3 Å². The first-order valence-corrected chi connectivity index (χ1v) is 8.72. The Morgan fingerprint density at radius 1 is 1.28 bits per heavy atom. The van der Waals surface area contributed by atoms with Crippen LogP contribution in [0.3, 0.4) is 0 Å². The molecule has 3 aromatic rings. The minimum absolute atomic E-state index is 0.0578. The quantitative estimate of drug-likeness (QED) is 0.681. The van der Waals surface area contributed by atoms with Crippen LogP contribution in [0.25, 0.3) is 11.3 Å². The van der Waals surface area contributed by atoms with Crippen LogP contribution in [-0.4, -0.2) is 17.0 Å². The molecule has 1 heterocycles. The molecule has 3 rings (SSSR count). The number of rotatable bonds is 5. The highest BCUT2D eigenvalue weighted by Gasteiger charge is 2.17. The maximum absolute atomic E-state index is 13.2. The van der Waals surface area contributed by atoms with Gasteiger partial charge in [-0.2, -0.15) is 0 Å². The molecule has 0 spiro atoms. The molecule has 0 aliphatic carbocycles. The Labute approximate surface area is 153 Å². The molecule has 25 heavy (non-hydrogen) atoms. The first-order valence-electron chi connectivity index (χ1n) is 7.46. The summed E-state index contributed by atoms with van der Waals surface area (Å²) in [5, 5.41) is 5.01. The first kappa shape index (κ1) is 17.4. The lowest BCUT2D eigenvalue weighted by atomic mass is 10.2. The van der Waals surface area contributed by atoms with Gasteiger partial charge in [0, 0.05) is 17.0 Å². The van der Waals surface area contributed by atoms with Crippen molar-refractivity contribution in [1.29, 1.82) is 0 Å². The van der Waals surface area contributed by atoms with Gasteiger partial charge in [-0.25, -0.2) is 9.37 Å². The number of nitrogens with zero attached hydrogens (tertiary/aromatic N) is 1. The first-order chi connectivity index (χ1) is 12.0. The second-order valence-corrected chi connectivity index (χ2v) is 6.49. The monoisotopic (exact) mass is 376 g/mol. The van der Waals surface area contributed by atoms with Crippen molar-refractivity contribution in [3.63, 3.8) is 0 Å². The molecule has 1 N–H and O–H groups in total. The van der Waals surface area contributed by atoms with E-state index in [1.807, 2.05) is 35.7 Å². The summed E-state index contributed by atoms with van der Waals surface area (Å²) in [6.07, 6.45) is -0.786. The smallest absolute Gasteiger partial charge is 0.266 e. The van der Waals surface area contributed by atoms with E-state index in [9.17, 15) is 9.18 Å². The Balaban J connectivity index is 1.63. The summed E-state index contributed by atoms with van der Waals surface area (Å²) in [6.45, 7) is 1.60. The average molecular weight is 377 g/mol. The molecular formula is C18H14ClFN2O2S. The van der Waals surface area contributed by atoms with Crippen molar-refractivity contribution in [2.45, 2.75) is 13.0 Å². The maximum Gasteiger partial charge on any atom is 0.266 e. The van der Waals surface area contributed by atoms with E-state index in [0.29, 0.717) is 10.9 Å². The molecule has 0 unspecified atom stereocenters. The van der Waals surface area contributed by atoms with Gasteiger partial charge >= 0.3 is 0 Å². The third-order valence-electron chi connectivity index (χ3n) is 3.38. The number of nitrogens with one attached hydrogen (secondary N) is 1. The van der Waals surface area contributed by atoms with Gasteiger partial charge in [0.15, 0.2) is 11.2 Å². The number of hydrogen-bond donors (Lipinski definition) is 1. The number of ether oxygens (including phenoxy) is 1. The summed E-state index contributed by atoms with van der Waals surface area (Å²) in [5.41, 5.74) is 1.77. The Bertz CT molecular complexity index is 886. The zero-order valence-corrected chi connectivity index (χ0v) is 14.8. The summed E-state index contributed by atoms with van der Waals surface area (Å²) in [5.74, 6) is -0.574. The third-order valence-corrected chi connectivity index (χ3v) is 4.42. The Morgan fingerprint density at radius 2 is 2.04 bits per heavy atom. The van der Waals surface area contributed by atoms with Crippen LogP contribution >= 0.6 is 22.9 Å².